The molecule has 0 saturated carbocycles. The van der Waals surface area contributed by atoms with Gasteiger partial charge in [-0.1, -0.05) is 31.5 Å². The van der Waals surface area contributed by atoms with Crippen molar-refractivity contribution in [2.24, 2.45) is 0 Å². The van der Waals surface area contributed by atoms with Crippen LogP contribution in [0, 0.1) is 5.82 Å². The Kier molecular flexibility index (Phi) is 9.05. The normalized spacial score (nSPS) is 10.6. The summed E-state index contributed by atoms with van der Waals surface area (Å²) in [6.45, 7) is 5.26. The van der Waals surface area contributed by atoms with Crippen LogP contribution in [-0.4, -0.2) is 25.4 Å². The van der Waals surface area contributed by atoms with E-state index in [0.717, 1.165) is 18.4 Å². The van der Waals surface area contributed by atoms with Crippen molar-refractivity contribution in [1.29, 1.82) is 0 Å². The van der Waals surface area contributed by atoms with Crippen LogP contribution in [0.15, 0.2) is 54.6 Å². The molecule has 178 valence electrons. The minimum Gasteiger partial charge on any atom is -0.494 e. The lowest BCUT2D eigenvalue weighted by Crippen LogP contribution is -2.23. The van der Waals surface area contributed by atoms with Gasteiger partial charge in [0.15, 0.2) is 0 Å². The van der Waals surface area contributed by atoms with Crippen LogP contribution in [0.5, 0.6) is 11.5 Å². The van der Waals surface area contributed by atoms with Gasteiger partial charge in [-0.15, -0.1) is 0 Å². The van der Waals surface area contributed by atoms with Gasteiger partial charge in [-0.3, -0.25) is 9.59 Å². The average Bonchev–Trinajstić information content (AvgIpc) is 2.84. The van der Waals surface area contributed by atoms with Crippen molar-refractivity contribution in [3.8, 4) is 22.6 Å². The van der Waals surface area contributed by atoms with Crippen molar-refractivity contribution in [2.45, 2.75) is 33.2 Å². The summed E-state index contributed by atoms with van der Waals surface area (Å²) in [5.41, 5.74) is 2.56. The van der Waals surface area contributed by atoms with Gasteiger partial charge in [-0.2, -0.15) is 0 Å². The minimum absolute atomic E-state index is 0.173. The third-order valence-electron chi connectivity index (χ3n) is 5.01. The highest BCUT2D eigenvalue weighted by Crippen LogP contribution is 2.29. The maximum Gasteiger partial charge on any atom is 0.253 e. The van der Waals surface area contributed by atoms with Gasteiger partial charge in [0, 0.05) is 17.7 Å². The second kappa shape index (κ2) is 12.2. The van der Waals surface area contributed by atoms with Crippen LogP contribution in [0.3, 0.4) is 0 Å². The highest BCUT2D eigenvalue weighted by Gasteiger charge is 2.14. The fraction of sp³-hybridized carbons (Fsp3) is 0.259. The van der Waals surface area contributed by atoms with Crippen LogP contribution < -0.4 is 14.8 Å². The third-order valence-corrected chi connectivity index (χ3v) is 5.32. The lowest BCUT2D eigenvalue weighted by molar-refractivity contribution is 0.0950. The monoisotopic (exact) mass is 483 g/mol. The number of rotatable bonds is 11. The van der Waals surface area contributed by atoms with Gasteiger partial charge in [-0.25, -0.2) is 4.39 Å². The van der Waals surface area contributed by atoms with Crippen LogP contribution in [0.4, 0.5) is 4.39 Å². The molecule has 1 amide bonds. The van der Waals surface area contributed by atoms with Crippen molar-refractivity contribution >= 4 is 23.8 Å². The van der Waals surface area contributed by atoms with Gasteiger partial charge in [0.2, 0.25) is 0 Å². The molecule has 0 saturated heterocycles. The molecule has 0 heterocycles. The number of aldehydes is 1. The van der Waals surface area contributed by atoms with Crippen molar-refractivity contribution in [3.05, 3.63) is 82.1 Å². The fourth-order valence-electron chi connectivity index (χ4n) is 3.36. The van der Waals surface area contributed by atoms with Gasteiger partial charge in [0.05, 0.1) is 23.8 Å². The lowest BCUT2D eigenvalue weighted by Gasteiger charge is -2.15. The van der Waals surface area contributed by atoms with E-state index in [-0.39, 0.29) is 18.0 Å². The molecule has 5 nitrogen and oxygen atoms in total. The zero-order chi connectivity index (χ0) is 24.5. The Morgan fingerprint density at radius 3 is 2.44 bits per heavy atom. The molecule has 0 bridgehead atoms. The summed E-state index contributed by atoms with van der Waals surface area (Å²) in [6, 6.07) is 14.5. The Balaban J connectivity index is 1.83. The van der Waals surface area contributed by atoms with Gasteiger partial charge in [-0.05, 0) is 72.5 Å². The lowest BCUT2D eigenvalue weighted by atomic mass is 10.0. The molecular weight excluding hydrogens is 457 g/mol. The highest BCUT2D eigenvalue weighted by molar-refractivity contribution is 6.34. The van der Waals surface area contributed by atoms with E-state index in [1.807, 2.05) is 19.9 Å². The third kappa shape index (κ3) is 6.58. The molecule has 0 aliphatic rings. The highest BCUT2D eigenvalue weighted by atomic mass is 35.5. The van der Waals surface area contributed by atoms with Crippen LogP contribution in [0.1, 0.15) is 53.0 Å². The first-order valence-electron chi connectivity index (χ1n) is 11.2. The predicted octanol–water partition coefficient (Wildman–Crippen LogP) is 6.47. The summed E-state index contributed by atoms with van der Waals surface area (Å²) in [7, 11) is 0. The molecule has 34 heavy (non-hydrogen) atoms. The first kappa shape index (κ1) is 25.2. The summed E-state index contributed by atoms with van der Waals surface area (Å²) < 4.78 is 25.3. The standard InChI is InChI=1S/C27H27ClFNO4/c1-3-9-33-23-6-7-24(25(28)15-23)27(32)30-16-21-13-19(5-8-26(21)34-10-4-2)20-11-18(17-31)12-22(29)14-20/h5-8,11-15,17H,3-4,9-10,16H2,1-2H3,(H,30,32). The Morgan fingerprint density at radius 1 is 0.971 bits per heavy atom. The van der Waals surface area contributed by atoms with E-state index >= 15 is 0 Å². The zero-order valence-corrected chi connectivity index (χ0v) is 20.0. The van der Waals surface area contributed by atoms with Crippen molar-refractivity contribution in [3.63, 3.8) is 0 Å². The summed E-state index contributed by atoms with van der Waals surface area (Å²) in [6.07, 6.45) is 2.30. The number of ether oxygens (including phenoxy) is 2. The maximum absolute atomic E-state index is 14.0. The molecule has 0 aliphatic carbocycles. The van der Waals surface area contributed by atoms with Crippen LogP contribution in [0.2, 0.25) is 5.02 Å². The Morgan fingerprint density at radius 2 is 1.74 bits per heavy atom. The molecule has 0 fully saturated rings. The number of hydrogen-bond acceptors (Lipinski definition) is 4. The smallest absolute Gasteiger partial charge is 0.253 e. The number of halogens is 2. The molecule has 3 aromatic rings. The number of hydrogen-bond donors (Lipinski definition) is 1. The molecule has 1 N–H and O–H groups in total. The summed E-state index contributed by atoms with van der Waals surface area (Å²) >= 11 is 6.30. The Hall–Kier alpha value is -3.38. The van der Waals surface area contributed by atoms with E-state index in [2.05, 4.69) is 5.32 Å². The van der Waals surface area contributed by atoms with E-state index in [0.29, 0.717) is 52.7 Å². The summed E-state index contributed by atoms with van der Waals surface area (Å²) in [5, 5.41) is 3.17. The Labute approximate surface area is 203 Å². The SMILES string of the molecule is CCCOc1ccc(C(=O)NCc2cc(-c3cc(F)cc(C=O)c3)ccc2OCCC)c(Cl)c1. The van der Waals surface area contributed by atoms with Gasteiger partial charge < -0.3 is 14.8 Å². The number of nitrogens with one attached hydrogen (secondary N) is 1. The molecule has 0 atom stereocenters. The van der Waals surface area contributed by atoms with Crippen LogP contribution >= 0.6 is 11.6 Å². The summed E-state index contributed by atoms with van der Waals surface area (Å²) in [4.78, 5) is 23.9. The quantitative estimate of drug-likeness (QED) is 0.317. The number of benzene rings is 3. The fourth-order valence-corrected chi connectivity index (χ4v) is 3.61. The number of carbonyl (C=O) groups excluding carboxylic acids is 2. The minimum atomic E-state index is -0.498. The molecular formula is C27H27ClFNO4. The van der Waals surface area contributed by atoms with Gasteiger partial charge in [0.1, 0.15) is 23.6 Å². The number of carbonyl (C=O) groups is 2. The van der Waals surface area contributed by atoms with E-state index in [1.165, 1.54) is 12.1 Å². The average molecular weight is 484 g/mol. The molecule has 0 aromatic heterocycles. The van der Waals surface area contributed by atoms with Gasteiger partial charge >= 0.3 is 0 Å². The molecule has 3 rings (SSSR count). The molecule has 0 spiro atoms. The van der Waals surface area contributed by atoms with E-state index in [4.69, 9.17) is 21.1 Å². The second-order valence-electron chi connectivity index (χ2n) is 7.73. The molecule has 0 aliphatic heterocycles. The predicted molar refractivity (Wildman–Crippen MR) is 131 cm³/mol. The first-order valence-corrected chi connectivity index (χ1v) is 11.5. The van der Waals surface area contributed by atoms with E-state index in [1.54, 1.807) is 36.4 Å². The van der Waals surface area contributed by atoms with Crippen molar-refractivity contribution in [1.82, 2.24) is 5.32 Å². The van der Waals surface area contributed by atoms with Crippen LogP contribution in [-0.2, 0) is 6.54 Å². The molecule has 7 heteroatoms. The molecule has 0 unspecified atom stereocenters. The topological polar surface area (TPSA) is 64.6 Å². The van der Waals surface area contributed by atoms with Crippen molar-refractivity contribution in [2.75, 3.05) is 13.2 Å². The largest absolute Gasteiger partial charge is 0.494 e. The Bertz CT molecular complexity index is 1170. The molecule has 0 radical (unpaired) electrons. The van der Waals surface area contributed by atoms with Crippen LogP contribution in [0.25, 0.3) is 11.1 Å². The van der Waals surface area contributed by atoms with E-state index < -0.39 is 5.82 Å². The first-order chi connectivity index (χ1) is 16.4. The molecule has 3 aromatic carbocycles. The van der Waals surface area contributed by atoms with Crippen molar-refractivity contribution < 1.29 is 23.5 Å². The number of amides is 1. The summed E-state index contributed by atoms with van der Waals surface area (Å²) in [5.74, 6) is 0.387. The maximum atomic E-state index is 14.0. The second-order valence-corrected chi connectivity index (χ2v) is 8.14. The van der Waals surface area contributed by atoms with Gasteiger partial charge in [0.25, 0.3) is 5.91 Å². The van der Waals surface area contributed by atoms with E-state index in [9.17, 15) is 14.0 Å². The zero-order valence-electron chi connectivity index (χ0n) is 19.2.